The summed E-state index contributed by atoms with van der Waals surface area (Å²) in [5.74, 6) is -0.906. The van der Waals surface area contributed by atoms with E-state index < -0.39 is 11.9 Å². The number of hydrogen-bond donors (Lipinski definition) is 1. The van der Waals surface area contributed by atoms with Crippen LogP contribution < -0.4 is 5.73 Å². The van der Waals surface area contributed by atoms with Gasteiger partial charge in [-0.15, -0.1) is 11.6 Å². The molecule has 0 saturated heterocycles. The van der Waals surface area contributed by atoms with Crippen molar-refractivity contribution in [3.63, 3.8) is 0 Å². The van der Waals surface area contributed by atoms with Crippen molar-refractivity contribution >= 4 is 35.1 Å². The highest BCUT2D eigenvalue weighted by Gasteiger charge is 2.17. The molecule has 1 aromatic rings. The van der Waals surface area contributed by atoms with Gasteiger partial charge in [0, 0.05) is 0 Å². The van der Waals surface area contributed by atoms with Crippen LogP contribution in [0.3, 0.4) is 0 Å². The molecule has 0 radical (unpaired) electrons. The van der Waals surface area contributed by atoms with Gasteiger partial charge >= 0.3 is 11.9 Å². The zero-order chi connectivity index (χ0) is 17.6. The van der Waals surface area contributed by atoms with Gasteiger partial charge < -0.3 is 15.2 Å². The third-order valence-electron chi connectivity index (χ3n) is 2.48. The van der Waals surface area contributed by atoms with E-state index in [2.05, 4.69) is 4.99 Å². The molecule has 7 heteroatoms. The molecule has 0 aliphatic rings. The molecule has 1 rings (SSSR count). The van der Waals surface area contributed by atoms with E-state index in [-0.39, 0.29) is 35.1 Å². The van der Waals surface area contributed by atoms with Crippen LogP contribution in [0.25, 0.3) is 0 Å². The molecular weight excluding hydrogens is 320 g/mol. The monoisotopic (exact) mass is 340 g/mol. The van der Waals surface area contributed by atoms with Gasteiger partial charge in [0.15, 0.2) is 0 Å². The first kappa shape index (κ1) is 19.0. The average Bonchev–Trinajstić information content (AvgIpc) is 2.45. The zero-order valence-electron chi connectivity index (χ0n) is 13.6. The summed E-state index contributed by atoms with van der Waals surface area (Å²) in [6, 6.07) is 4.37. The molecule has 0 aromatic heterocycles. The maximum atomic E-state index is 12.1. The Hall–Kier alpha value is -2.08. The number of alkyl halides is 1. The van der Waals surface area contributed by atoms with Crippen LogP contribution in [0, 0.1) is 0 Å². The van der Waals surface area contributed by atoms with Gasteiger partial charge in [0.25, 0.3) is 0 Å². The van der Waals surface area contributed by atoms with Crippen LogP contribution in [0.1, 0.15) is 48.4 Å². The lowest BCUT2D eigenvalue weighted by molar-refractivity contribution is 0.0377. The van der Waals surface area contributed by atoms with Gasteiger partial charge in [-0.1, -0.05) is 0 Å². The van der Waals surface area contributed by atoms with E-state index in [9.17, 15) is 9.59 Å². The highest BCUT2D eigenvalue weighted by molar-refractivity contribution is 6.28. The Bertz CT molecular complexity index is 572. The highest BCUT2D eigenvalue weighted by atomic mass is 35.5. The third kappa shape index (κ3) is 6.28. The minimum absolute atomic E-state index is 0.0342. The summed E-state index contributed by atoms with van der Waals surface area (Å²) in [4.78, 5) is 28.2. The summed E-state index contributed by atoms with van der Waals surface area (Å²) in [5.41, 5.74) is 6.32. The molecule has 0 unspecified atom stereocenters. The van der Waals surface area contributed by atoms with Crippen LogP contribution in [0.5, 0.6) is 0 Å². The van der Waals surface area contributed by atoms with Crippen LogP contribution in [-0.4, -0.2) is 35.9 Å². The zero-order valence-corrected chi connectivity index (χ0v) is 14.4. The SMILES string of the molecule is CC(C)OC(=O)c1cc(N=C(N)CCl)cc(C(=O)OC(C)C)c1. The third-order valence-corrected chi connectivity index (χ3v) is 2.76. The van der Waals surface area contributed by atoms with Crippen molar-refractivity contribution in [2.45, 2.75) is 39.9 Å². The Morgan fingerprint density at radius 1 is 1.04 bits per heavy atom. The minimum Gasteiger partial charge on any atom is -0.459 e. The Morgan fingerprint density at radius 3 is 1.83 bits per heavy atom. The molecule has 6 nitrogen and oxygen atoms in total. The van der Waals surface area contributed by atoms with Crippen LogP contribution in [0.15, 0.2) is 23.2 Å². The molecule has 0 aliphatic carbocycles. The smallest absolute Gasteiger partial charge is 0.338 e. The lowest BCUT2D eigenvalue weighted by Crippen LogP contribution is -2.15. The quantitative estimate of drug-likeness (QED) is 0.372. The summed E-state index contributed by atoms with van der Waals surface area (Å²) in [6.45, 7) is 6.94. The summed E-state index contributed by atoms with van der Waals surface area (Å²) in [7, 11) is 0. The number of carbonyl (C=O) groups is 2. The lowest BCUT2D eigenvalue weighted by Gasteiger charge is -2.11. The van der Waals surface area contributed by atoms with Crippen molar-refractivity contribution in [1.29, 1.82) is 0 Å². The van der Waals surface area contributed by atoms with Gasteiger partial charge in [-0.2, -0.15) is 0 Å². The van der Waals surface area contributed by atoms with E-state index in [1.165, 1.54) is 18.2 Å². The molecule has 0 saturated carbocycles. The van der Waals surface area contributed by atoms with E-state index >= 15 is 0 Å². The highest BCUT2D eigenvalue weighted by Crippen LogP contribution is 2.20. The van der Waals surface area contributed by atoms with Crippen LogP contribution in [0.2, 0.25) is 0 Å². The van der Waals surface area contributed by atoms with Gasteiger partial charge in [-0.3, -0.25) is 0 Å². The normalized spacial score (nSPS) is 11.7. The van der Waals surface area contributed by atoms with E-state index in [1.54, 1.807) is 27.7 Å². The number of amidine groups is 1. The first-order chi connectivity index (χ1) is 10.7. The summed E-state index contributed by atoms with van der Waals surface area (Å²) in [6.07, 6.45) is -0.567. The van der Waals surface area contributed by atoms with Crippen LogP contribution >= 0.6 is 11.6 Å². The molecule has 0 spiro atoms. The lowest BCUT2D eigenvalue weighted by atomic mass is 10.1. The Kier molecular flexibility index (Phi) is 7.03. The van der Waals surface area contributed by atoms with Gasteiger partial charge in [-0.05, 0) is 45.9 Å². The molecule has 1 aromatic carbocycles. The number of aliphatic imine (C=N–C) groups is 1. The first-order valence-electron chi connectivity index (χ1n) is 7.19. The van der Waals surface area contributed by atoms with Crippen molar-refractivity contribution in [3.8, 4) is 0 Å². The topological polar surface area (TPSA) is 91.0 Å². The number of hydrogen-bond acceptors (Lipinski definition) is 5. The van der Waals surface area contributed by atoms with Gasteiger partial charge in [0.2, 0.25) is 0 Å². The van der Waals surface area contributed by atoms with Crippen molar-refractivity contribution in [1.82, 2.24) is 0 Å². The molecule has 0 atom stereocenters. The van der Waals surface area contributed by atoms with Gasteiger partial charge in [-0.25, -0.2) is 14.6 Å². The van der Waals surface area contributed by atoms with Crippen molar-refractivity contribution in [3.05, 3.63) is 29.3 Å². The average molecular weight is 341 g/mol. The summed E-state index contributed by atoms with van der Waals surface area (Å²) in [5, 5.41) is 0. The second kappa shape index (κ2) is 8.53. The molecule has 2 N–H and O–H groups in total. The molecule has 0 amide bonds. The fourth-order valence-electron chi connectivity index (χ4n) is 1.67. The molecule has 0 bridgehead atoms. The maximum absolute atomic E-state index is 12.1. The number of carbonyl (C=O) groups excluding carboxylic acids is 2. The molecular formula is C16H21ClN2O4. The van der Waals surface area contributed by atoms with Crippen molar-refractivity contribution in [2.75, 3.05) is 5.88 Å². The number of halogens is 1. The van der Waals surface area contributed by atoms with E-state index in [4.69, 9.17) is 26.8 Å². The maximum Gasteiger partial charge on any atom is 0.338 e. The number of nitrogens with zero attached hydrogens (tertiary/aromatic N) is 1. The molecule has 23 heavy (non-hydrogen) atoms. The second-order valence-corrected chi connectivity index (χ2v) is 5.68. The number of nitrogens with two attached hydrogens (primary N) is 1. The minimum atomic E-state index is -0.555. The fraction of sp³-hybridized carbons (Fsp3) is 0.438. The Balaban J connectivity index is 3.26. The Morgan fingerprint density at radius 2 is 1.48 bits per heavy atom. The van der Waals surface area contributed by atoms with E-state index in [1.807, 2.05) is 0 Å². The predicted molar refractivity (Wildman–Crippen MR) is 89.5 cm³/mol. The molecule has 0 aliphatic heterocycles. The summed E-state index contributed by atoms with van der Waals surface area (Å²) < 4.78 is 10.3. The largest absolute Gasteiger partial charge is 0.459 e. The van der Waals surface area contributed by atoms with Crippen LogP contribution in [0.4, 0.5) is 5.69 Å². The number of ether oxygens (including phenoxy) is 2. The van der Waals surface area contributed by atoms with Gasteiger partial charge in [0.05, 0.1) is 34.9 Å². The van der Waals surface area contributed by atoms with E-state index in [0.29, 0.717) is 5.69 Å². The van der Waals surface area contributed by atoms with Crippen LogP contribution in [-0.2, 0) is 9.47 Å². The van der Waals surface area contributed by atoms with Gasteiger partial charge in [0.1, 0.15) is 5.84 Å². The number of rotatable bonds is 6. The molecule has 0 heterocycles. The number of esters is 2. The van der Waals surface area contributed by atoms with Crippen molar-refractivity contribution < 1.29 is 19.1 Å². The molecule has 0 fully saturated rings. The fourth-order valence-corrected chi connectivity index (χ4v) is 1.73. The Labute approximate surface area is 140 Å². The predicted octanol–water partition coefficient (Wildman–Crippen LogP) is 3.04. The van der Waals surface area contributed by atoms with Crippen molar-refractivity contribution in [2.24, 2.45) is 10.7 Å². The second-order valence-electron chi connectivity index (χ2n) is 5.41. The molecule has 126 valence electrons. The summed E-state index contributed by atoms with van der Waals surface area (Å²) >= 11 is 5.61. The van der Waals surface area contributed by atoms with E-state index in [0.717, 1.165) is 0 Å². The standard InChI is InChI=1S/C16H21ClN2O4/c1-9(2)22-15(20)11-5-12(16(21)23-10(3)4)7-13(6-11)19-14(18)8-17/h5-7,9-10H,8H2,1-4H3,(H2,18,19). The first-order valence-corrected chi connectivity index (χ1v) is 7.72. The number of benzene rings is 1.